The van der Waals surface area contributed by atoms with Gasteiger partial charge in [0.25, 0.3) is 0 Å². The number of rotatable bonds is 6. The third kappa shape index (κ3) is 4.38. The molecule has 2 rings (SSSR count). The molecule has 0 spiro atoms. The van der Waals surface area contributed by atoms with Gasteiger partial charge in [-0.3, -0.25) is 4.79 Å². The van der Waals surface area contributed by atoms with Crippen LogP contribution in [-0.4, -0.2) is 50.0 Å². The summed E-state index contributed by atoms with van der Waals surface area (Å²) in [5, 5.41) is 2.78. The molecule has 7 heteroatoms. The Morgan fingerprint density at radius 1 is 1.43 bits per heavy atom. The number of aromatic nitrogens is 1. The Morgan fingerprint density at radius 2 is 2.19 bits per heavy atom. The van der Waals surface area contributed by atoms with Crippen molar-refractivity contribution in [1.82, 2.24) is 4.98 Å². The van der Waals surface area contributed by atoms with Crippen LogP contribution in [0.4, 0.5) is 5.69 Å². The molecule has 3 N–H and O–H groups in total. The molecular weight excluding hydrogens is 274 g/mol. The van der Waals surface area contributed by atoms with Crippen LogP contribution < -0.4 is 15.8 Å². The summed E-state index contributed by atoms with van der Waals surface area (Å²) >= 11 is 0. The van der Waals surface area contributed by atoms with Gasteiger partial charge in [-0.2, -0.15) is 0 Å². The second-order valence-corrected chi connectivity index (χ2v) is 4.95. The molecule has 1 saturated heterocycles. The lowest BCUT2D eigenvalue weighted by molar-refractivity contribution is -0.124. The van der Waals surface area contributed by atoms with Gasteiger partial charge in [-0.25, -0.2) is 4.98 Å². The van der Waals surface area contributed by atoms with Crippen LogP contribution in [-0.2, 0) is 14.3 Å². The highest BCUT2D eigenvalue weighted by Gasteiger charge is 2.35. The minimum atomic E-state index is -0.869. The predicted octanol–water partition coefficient (Wildman–Crippen LogP) is 0.553. The second-order valence-electron chi connectivity index (χ2n) is 4.95. The zero-order chi connectivity index (χ0) is 15.1. The molecule has 0 unspecified atom stereocenters. The molecule has 1 fully saturated rings. The molecule has 1 aromatic rings. The number of methoxy groups -OCH3 is 1. The van der Waals surface area contributed by atoms with Crippen LogP contribution >= 0.6 is 0 Å². The summed E-state index contributed by atoms with van der Waals surface area (Å²) in [6.45, 7) is 1.95. The standard InChI is InChI=1S/C14H21N3O4/c1-19-8-9-21-12-3-2-11(10-16-12)17-13(18)14(15)4-6-20-7-5-14/h2-3,10H,4-9,15H2,1H3,(H,17,18). The van der Waals surface area contributed by atoms with E-state index in [0.717, 1.165) is 0 Å². The number of hydrogen-bond donors (Lipinski definition) is 2. The number of amides is 1. The number of nitrogens with one attached hydrogen (secondary N) is 1. The maximum atomic E-state index is 12.2. The van der Waals surface area contributed by atoms with Crippen molar-refractivity contribution in [3.63, 3.8) is 0 Å². The number of carbonyl (C=O) groups excluding carboxylic acids is 1. The molecule has 0 saturated carbocycles. The molecule has 0 aliphatic carbocycles. The molecule has 116 valence electrons. The lowest BCUT2D eigenvalue weighted by atomic mass is 9.90. The Balaban J connectivity index is 1.89. The van der Waals surface area contributed by atoms with Crippen LogP contribution in [0.1, 0.15) is 12.8 Å². The molecule has 1 amide bonds. The van der Waals surface area contributed by atoms with E-state index in [1.54, 1.807) is 25.4 Å². The zero-order valence-corrected chi connectivity index (χ0v) is 12.1. The van der Waals surface area contributed by atoms with Crippen molar-refractivity contribution < 1.29 is 19.0 Å². The van der Waals surface area contributed by atoms with E-state index in [0.29, 0.717) is 50.8 Å². The molecular formula is C14H21N3O4. The first-order valence-electron chi connectivity index (χ1n) is 6.90. The zero-order valence-electron chi connectivity index (χ0n) is 12.1. The van der Waals surface area contributed by atoms with E-state index < -0.39 is 5.54 Å². The van der Waals surface area contributed by atoms with Gasteiger partial charge < -0.3 is 25.3 Å². The van der Waals surface area contributed by atoms with E-state index in [-0.39, 0.29) is 5.91 Å². The summed E-state index contributed by atoms with van der Waals surface area (Å²) in [5.74, 6) is 0.277. The van der Waals surface area contributed by atoms with E-state index >= 15 is 0 Å². The molecule has 0 aromatic carbocycles. The van der Waals surface area contributed by atoms with Crippen LogP contribution in [0, 0.1) is 0 Å². The van der Waals surface area contributed by atoms with Gasteiger partial charge >= 0.3 is 0 Å². The van der Waals surface area contributed by atoms with Gasteiger partial charge in [-0.1, -0.05) is 0 Å². The van der Waals surface area contributed by atoms with Crippen molar-refractivity contribution in [2.24, 2.45) is 5.73 Å². The average molecular weight is 295 g/mol. The third-order valence-corrected chi connectivity index (χ3v) is 3.37. The van der Waals surface area contributed by atoms with Crippen molar-refractivity contribution >= 4 is 11.6 Å². The van der Waals surface area contributed by atoms with Crippen molar-refractivity contribution in [1.29, 1.82) is 0 Å². The molecule has 0 atom stereocenters. The lowest BCUT2D eigenvalue weighted by Crippen LogP contribution is -2.54. The second kappa shape index (κ2) is 7.35. The SMILES string of the molecule is COCCOc1ccc(NC(=O)C2(N)CCOCC2)cn1. The monoisotopic (exact) mass is 295 g/mol. The van der Waals surface area contributed by atoms with Gasteiger partial charge in [0.15, 0.2) is 0 Å². The Kier molecular flexibility index (Phi) is 5.49. The van der Waals surface area contributed by atoms with Gasteiger partial charge in [-0.15, -0.1) is 0 Å². The first kappa shape index (κ1) is 15.7. The molecule has 1 aliphatic rings. The van der Waals surface area contributed by atoms with Crippen molar-refractivity contribution in [3.8, 4) is 5.88 Å². The molecule has 21 heavy (non-hydrogen) atoms. The minimum Gasteiger partial charge on any atom is -0.475 e. The highest BCUT2D eigenvalue weighted by molar-refractivity contribution is 5.97. The molecule has 2 heterocycles. The maximum Gasteiger partial charge on any atom is 0.244 e. The summed E-state index contributed by atoms with van der Waals surface area (Å²) in [5.41, 5.74) is 5.83. The Labute approximate surface area is 123 Å². The van der Waals surface area contributed by atoms with Crippen molar-refractivity contribution in [2.75, 3.05) is 38.9 Å². The Morgan fingerprint density at radius 3 is 2.81 bits per heavy atom. The van der Waals surface area contributed by atoms with Crippen LogP contribution in [0.2, 0.25) is 0 Å². The summed E-state index contributed by atoms with van der Waals surface area (Å²) in [7, 11) is 1.61. The van der Waals surface area contributed by atoms with Crippen molar-refractivity contribution in [3.05, 3.63) is 18.3 Å². The quantitative estimate of drug-likeness (QED) is 0.744. The van der Waals surface area contributed by atoms with E-state index in [4.69, 9.17) is 19.9 Å². The van der Waals surface area contributed by atoms with Gasteiger partial charge in [0.2, 0.25) is 11.8 Å². The Hall–Kier alpha value is -1.70. The number of pyridine rings is 1. The third-order valence-electron chi connectivity index (χ3n) is 3.37. The van der Waals surface area contributed by atoms with E-state index in [1.807, 2.05) is 0 Å². The number of nitrogens with two attached hydrogens (primary N) is 1. The van der Waals surface area contributed by atoms with Crippen LogP contribution in [0.25, 0.3) is 0 Å². The molecule has 1 aliphatic heterocycles. The smallest absolute Gasteiger partial charge is 0.244 e. The fourth-order valence-corrected chi connectivity index (χ4v) is 1.99. The first-order chi connectivity index (χ1) is 10.1. The summed E-state index contributed by atoms with van der Waals surface area (Å²) in [4.78, 5) is 16.3. The number of anilines is 1. The molecule has 1 aromatic heterocycles. The van der Waals surface area contributed by atoms with Gasteiger partial charge in [0.1, 0.15) is 12.1 Å². The number of nitrogens with zero attached hydrogens (tertiary/aromatic N) is 1. The lowest BCUT2D eigenvalue weighted by Gasteiger charge is -2.31. The van der Waals surface area contributed by atoms with Gasteiger partial charge in [0, 0.05) is 26.4 Å². The Bertz CT molecular complexity index is 458. The number of carbonyl (C=O) groups is 1. The van der Waals surface area contributed by atoms with Crippen LogP contribution in [0.3, 0.4) is 0 Å². The predicted molar refractivity (Wildman–Crippen MR) is 77.2 cm³/mol. The summed E-state index contributed by atoms with van der Waals surface area (Å²) < 4.78 is 15.5. The van der Waals surface area contributed by atoms with Gasteiger partial charge in [0.05, 0.1) is 18.5 Å². The number of hydrogen-bond acceptors (Lipinski definition) is 6. The minimum absolute atomic E-state index is 0.208. The highest BCUT2D eigenvalue weighted by atomic mass is 16.5. The topological polar surface area (TPSA) is 95.7 Å². The molecule has 0 radical (unpaired) electrons. The summed E-state index contributed by atoms with van der Waals surface area (Å²) in [6.07, 6.45) is 2.58. The van der Waals surface area contributed by atoms with Gasteiger partial charge in [-0.05, 0) is 18.9 Å². The van der Waals surface area contributed by atoms with E-state index in [2.05, 4.69) is 10.3 Å². The number of ether oxygens (including phenoxy) is 3. The largest absolute Gasteiger partial charge is 0.475 e. The maximum absolute atomic E-state index is 12.2. The summed E-state index contributed by atoms with van der Waals surface area (Å²) in [6, 6.07) is 3.42. The first-order valence-corrected chi connectivity index (χ1v) is 6.90. The van der Waals surface area contributed by atoms with Crippen LogP contribution in [0.5, 0.6) is 5.88 Å². The molecule has 7 nitrogen and oxygen atoms in total. The molecule has 0 bridgehead atoms. The fourth-order valence-electron chi connectivity index (χ4n) is 1.99. The normalized spacial score (nSPS) is 17.2. The average Bonchev–Trinajstić information content (AvgIpc) is 2.50. The van der Waals surface area contributed by atoms with Crippen LogP contribution in [0.15, 0.2) is 18.3 Å². The van der Waals surface area contributed by atoms with Crippen molar-refractivity contribution in [2.45, 2.75) is 18.4 Å². The van der Waals surface area contributed by atoms with E-state index in [1.165, 1.54) is 0 Å². The van der Waals surface area contributed by atoms with E-state index in [9.17, 15) is 4.79 Å². The highest BCUT2D eigenvalue weighted by Crippen LogP contribution is 2.20. The fraction of sp³-hybridized carbons (Fsp3) is 0.571.